The lowest BCUT2D eigenvalue weighted by Gasteiger charge is -2.31. The molecule has 1 aromatic carbocycles. The summed E-state index contributed by atoms with van der Waals surface area (Å²) < 4.78 is 14.0. The smallest absolute Gasteiger partial charge is 0.229 e. The van der Waals surface area contributed by atoms with Gasteiger partial charge in [0.1, 0.15) is 5.82 Å². The molecule has 0 spiro atoms. The first kappa shape index (κ1) is 17.8. The van der Waals surface area contributed by atoms with Crippen LogP contribution in [0.3, 0.4) is 0 Å². The lowest BCUT2D eigenvalue weighted by molar-refractivity contribution is -0.120. The van der Waals surface area contributed by atoms with Gasteiger partial charge >= 0.3 is 0 Å². The van der Waals surface area contributed by atoms with E-state index in [4.69, 9.17) is 0 Å². The SMILES string of the molecule is CC(=O)Nc1ccc(F)c(NC(=O)C2CCCN(c3ncccn3)C2)c1. The van der Waals surface area contributed by atoms with Gasteiger partial charge in [-0.2, -0.15) is 0 Å². The number of halogens is 1. The van der Waals surface area contributed by atoms with E-state index in [9.17, 15) is 14.0 Å². The molecule has 1 aliphatic heterocycles. The molecular formula is C18H20FN5O2. The van der Waals surface area contributed by atoms with Gasteiger partial charge in [0.15, 0.2) is 0 Å². The molecular weight excluding hydrogens is 337 g/mol. The molecule has 136 valence electrons. The number of piperidine rings is 1. The van der Waals surface area contributed by atoms with Crippen LogP contribution in [-0.4, -0.2) is 34.9 Å². The molecule has 1 aromatic heterocycles. The fourth-order valence-electron chi connectivity index (χ4n) is 2.96. The highest BCUT2D eigenvalue weighted by molar-refractivity contribution is 5.95. The average Bonchev–Trinajstić information content (AvgIpc) is 2.65. The summed E-state index contributed by atoms with van der Waals surface area (Å²) in [5.41, 5.74) is 0.478. The van der Waals surface area contributed by atoms with Crippen LogP contribution in [0.25, 0.3) is 0 Å². The number of benzene rings is 1. The van der Waals surface area contributed by atoms with Gasteiger partial charge in [-0.1, -0.05) is 0 Å². The predicted molar refractivity (Wildman–Crippen MR) is 96.3 cm³/mol. The molecule has 1 atom stereocenters. The predicted octanol–water partition coefficient (Wildman–Crippen LogP) is 2.43. The number of carbonyl (C=O) groups excluding carboxylic acids is 2. The number of carbonyl (C=O) groups is 2. The van der Waals surface area contributed by atoms with E-state index in [0.29, 0.717) is 24.6 Å². The van der Waals surface area contributed by atoms with Crippen LogP contribution in [0.2, 0.25) is 0 Å². The van der Waals surface area contributed by atoms with Gasteiger partial charge < -0.3 is 15.5 Å². The molecule has 0 aliphatic carbocycles. The number of rotatable bonds is 4. The Bertz CT molecular complexity index is 799. The highest BCUT2D eigenvalue weighted by Gasteiger charge is 2.27. The normalized spacial score (nSPS) is 16.8. The van der Waals surface area contributed by atoms with Crippen molar-refractivity contribution in [3.63, 3.8) is 0 Å². The van der Waals surface area contributed by atoms with Crippen molar-refractivity contribution in [1.29, 1.82) is 0 Å². The Kier molecular flexibility index (Phi) is 5.40. The van der Waals surface area contributed by atoms with Crippen molar-refractivity contribution in [1.82, 2.24) is 9.97 Å². The molecule has 8 heteroatoms. The third-order valence-corrected chi connectivity index (χ3v) is 4.17. The summed E-state index contributed by atoms with van der Waals surface area (Å²) in [7, 11) is 0. The Morgan fingerprint density at radius 3 is 2.73 bits per heavy atom. The summed E-state index contributed by atoms with van der Waals surface area (Å²) in [5, 5.41) is 5.20. The molecule has 26 heavy (non-hydrogen) atoms. The number of hydrogen-bond acceptors (Lipinski definition) is 5. The molecule has 2 amide bonds. The quantitative estimate of drug-likeness (QED) is 0.878. The van der Waals surface area contributed by atoms with Crippen molar-refractivity contribution in [2.45, 2.75) is 19.8 Å². The summed E-state index contributed by atoms with van der Waals surface area (Å²) in [6.45, 7) is 2.62. The monoisotopic (exact) mass is 357 g/mol. The van der Waals surface area contributed by atoms with E-state index in [0.717, 1.165) is 13.0 Å². The number of amides is 2. The van der Waals surface area contributed by atoms with Crippen molar-refractivity contribution >= 4 is 29.1 Å². The third kappa shape index (κ3) is 4.33. The standard InChI is InChI=1S/C18H20FN5O2/c1-12(25)22-14-5-6-15(19)16(10-14)23-17(26)13-4-2-9-24(11-13)18-20-7-3-8-21-18/h3,5-8,10,13H,2,4,9,11H2,1H3,(H,22,25)(H,23,26). The maximum Gasteiger partial charge on any atom is 0.229 e. The van der Waals surface area contributed by atoms with Gasteiger partial charge in [0, 0.05) is 38.1 Å². The highest BCUT2D eigenvalue weighted by Crippen LogP contribution is 2.24. The number of nitrogens with zero attached hydrogens (tertiary/aromatic N) is 3. The largest absolute Gasteiger partial charge is 0.340 e. The lowest BCUT2D eigenvalue weighted by Crippen LogP contribution is -2.41. The molecule has 2 N–H and O–H groups in total. The lowest BCUT2D eigenvalue weighted by atomic mass is 9.97. The topological polar surface area (TPSA) is 87.2 Å². The zero-order valence-corrected chi connectivity index (χ0v) is 14.4. The van der Waals surface area contributed by atoms with Crippen LogP contribution in [-0.2, 0) is 9.59 Å². The van der Waals surface area contributed by atoms with Gasteiger partial charge in [0.2, 0.25) is 17.8 Å². The van der Waals surface area contributed by atoms with Crippen LogP contribution < -0.4 is 15.5 Å². The minimum Gasteiger partial charge on any atom is -0.340 e. The fourth-order valence-corrected chi connectivity index (χ4v) is 2.96. The molecule has 7 nitrogen and oxygen atoms in total. The highest BCUT2D eigenvalue weighted by atomic mass is 19.1. The van der Waals surface area contributed by atoms with Crippen LogP contribution in [0.5, 0.6) is 0 Å². The molecule has 1 saturated heterocycles. The number of anilines is 3. The Labute approximate surface area is 150 Å². The molecule has 2 heterocycles. The van der Waals surface area contributed by atoms with Gasteiger partial charge in [0.05, 0.1) is 11.6 Å². The Morgan fingerprint density at radius 1 is 1.23 bits per heavy atom. The van der Waals surface area contributed by atoms with Crippen molar-refractivity contribution in [3.8, 4) is 0 Å². The summed E-state index contributed by atoms with van der Waals surface area (Å²) in [4.78, 5) is 34.1. The first-order valence-electron chi connectivity index (χ1n) is 8.43. The maximum atomic E-state index is 14.0. The molecule has 1 fully saturated rings. The summed E-state index contributed by atoms with van der Waals surface area (Å²) in [6, 6.07) is 5.81. The zero-order valence-electron chi connectivity index (χ0n) is 14.4. The summed E-state index contributed by atoms with van der Waals surface area (Å²) in [5.74, 6) is -0.782. The second kappa shape index (κ2) is 7.90. The van der Waals surface area contributed by atoms with Crippen LogP contribution >= 0.6 is 0 Å². The van der Waals surface area contributed by atoms with E-state index in [2.05, 4.69) is 20.6 Å². The van der Waals surface area contributed by atoms with Crippen molar-refractivity contribution in [2.24, 2.45) is 5.92 Å². The van der Waals surface area contributed by atoms with E-state index in [1.165, 1.54) is 25.1 Å². The average molecular weight is 357 g/mol. The third-order valence-electron chi connectivity index (χ3n) is 4.17. The number of aromatic nitrogens is 2. The first-order valence-corrected chi connectivity index (χ1v) is 8.43. The number of hydrogen-bond donors (Lipinski definition) is 2. The van der Waals surface area contributed by atoms with Crippen molar-refractivity contribution < 1.29 is 14.0 Å². The van der Waals surface area contributed by atoms with Crippen LogP contribution in [0.1, 0.15) is 19.8 Å². The molecule has 0 saturated carbocycles. The van der Waals surface area contributed by atoms with Gasteiger partial charge in [-0.15, -0.1) is 0 Å². The molecule has 1 unspecified atom stereocenters. The van der Waals surface area contributed by atoms with Gasteiger partial charge in [-0.3, -0.25) is 9.59 Å². The minimum atomic E-state index is -0.550. The van der Waals surface area contributed by atoms with Crippen LogP contribution in [0, 0.1) is 11.7 Å². The van der Waals surface area contributed by atoms with E-state index in [1.807, 2.05) is 4.90 Å². The molecule has 2 aromatic rings. The number of nitrogens with one attached hydrogen (secondary N) is 2. The minimum absolute atomic E-state index is 0.0503. The van der Waals surface area contributed by atoms with E-state index in [1.54, 1.807) is 18.5 Å². The van der Waals surface area contributed by atoms with Crippen LogP contribution in [0.15, 0.2) is 36.7 Å². The molecule has 1 aliphatic rings. The summed E-state index contributed by atoms with van der Waals surface area (Å²) in [6.07, 6.45) is 4.86. The maximum absolute atomic E-state index is 14.0. The first-order chi connectivity index (χ1) is 12.5. The van der Waals surface area contributed by atoms with Gasteiger partial charge in [-0.05, 0) is 37.1 Å². The van der Waals surface area contributed by atoms with E-state index < -0.39 is 5.82 Å². The Balaban J connectivity index is 1.68. The molecule has 3 rings (SSSR count). The second-order valence-corrected chi connectivity index (χ2v) is 6.20. The van der Waals surface area contributed by atoms with Gasteiger partial charge in [0.25, 0.3) is 0 Å². The molecule has 0 bridgehead atoms. The zero-order chi connectivity index (χ0) is 18.5. The van der Waals surface area contributed by atoms with E-state index >= 15 is 0 Å². The second-order valence-electron chi connectivity index (χ2n) is 6.20. The van der Waals surface area contributed by atoms with Crippen molar-refractivity contribution in [2.75, 3.05) is 28.6 Å². The fraction of sp³-hybridized carbons (Fsp3) is 0.333. The van der Waals surface area contributed by atoms with Crippen molar-refractivity contribution in [3.05, 3.63) is 42.5 Å². The van der Waals surface area contributed by atoms with E-state index in [-0.39, 0.29) is 23.4 Å². The molecule has 0 radical (unpaired) electrons. The summed E-state index contributed by atoms with van der Waals surface area (Å²) >= 11 is 0. The van der Waals surface area contributed by atoms with Gasteiger partial charge in [-0.25, -0.2) is 14.4 Å². The Morgan fingerprint density at radius 2 is 2.00 bits per heavy atom. The van der Waals surface area contributed by atoms with Crippen LogP contribution in [0.4, 0.5) is 21.7 Å². The Hall–Kier alpha value is -3.03.